The summed E-state index contributed by atoms with van der Waals surface area (Å²) in [5, 5.41) is 23.5. The molecule has 2 N–H and O–H groups in total. The number of carbonyl (C=O) groups excluding carboxylic acids is 1. The molecule has 0 saturated carbocycles. The highest BCUT2D eigenvalue weighted by Gasteiger charge is 2.14. The van der Waals surface area contributed by atoms with E-state index in [1.54, 1.807) is 12.1 Å². The molecule has 0 aliphatic heterocycles. The van der Waals surface area contributed by atoms with Gasteiger partial charge in [0.25, 0.3) is 5.69 Å². The lowest BCUT2D eigenvalue weighted by molar-refractivity contribution is -0.384. The van der Waals surface area contributed by atoms with Crippen molar-refractivity contribution in [2.24, 2.45) is 0 Å². The molecule has 2 aromatic rings. The minimum absolute atomic E-state index is 0.0377. The Morgan fingerprint density at radius 1 is 1.23 bits per heavy atom. The maximum Gasteiger partial charge on any atom is 0.271 e. The lowest BCUT2D eigenvalue weighted by atomic mass is 10.1. The number of nitrogens with one attached hydrogen (secondary N) is 1. The highest BCUT2D eigenvalue weighted by Crippen LogP contribution is 2.28. The number of phenols is 1. The molecule has 0 aliphatic carbocycles. The zero-order valence-electron chi connectivity index (χ0n) is 11.0. The van der Waals surface area contributed by atoms with Crippen LogP contribution in [0.3, 0.4) is 0 Å². The van der Waals surface area contributed by atoms with Gasteiger partial charge in [-0.3, -0.25) is 14.9 Å². The first kappa shape index (κ1) is 16.1. The number of hydrogen-bond donors (Lipinski definition) is 2. The van der Waals surface area contributed by atoms with Gasteiger partial charge in [-0.25, -0.2) is 0 Å². The summed E-state index contributed by atoms with van der Waals surface area (Å²) in [6.45, 7) is 0. The summed E-state index contributed by atoms with van der Waals surface area (Å²) in [6.07, 6.45) is -0.0574. The smallest absolute Gasteiger partial charge is 0.271 e. The van der Waals surface area contributed by atoms with Crippen LogP contribution in [-0.4, -0.2) is 15.9 Å². The van der Waals surface area contributed by atoms with E-state index in [0.29, 0.717) is 15.6 Å². The number of nitro groups is 1. The summed E-state index contributed by atoms with van der Waals surface area (Å²) in [5.74, 6) is -0.735. The maximum atomic E-state index is 12.0. The fourth-order valence-corrected chi connectivity index (χ4v) is 2.25. The summed E-state index contributed by atoms with van der Waals surface area (Å²) < 4.78 is 0. The Bertz CT molecular complexity index is 750. The van der Waals surface area contributed by atoms with E-state index >= 15 is 0 Å². The summed E-state index contributed by atoms with van der Waals surface area (Å²) in [6, 6.07) is 8.08. The molecule has 22 heavy (non-hydrogen) atoms. The number of benzene rings is 2. The molecule has 2 rings (SSSR count). The van der Waals surface area contributed by atoms with Crippen molar-refractivity contribution < 1.29 is 14.8 Å². The van der Waals surface area contributed by atoms with E-state index < -0.39 is 10.8 Å². The van der Waals surface area contributed by atoms with Crippen molar-refractivity contribution in [2.45, 2.75) is 6.42 Å². The Hall–Kier alpha value is -2.31. The zero-order valence-corrected chi connectivity index (χ0v) is 12.6. The van der Waals surface area contributed by atoms with E-state index in [9.17, 15) is 20.0 Å². The number of phenolic OH excluding ortho intramolecular Hbond substituents is 1. The van der Waals surface area contributed by atoms with E-state index in [1.165, 1.54) is 6.07 Å². The third kappa shape index (κ3) is 3.87. The molecule has 0 unspecified atom stereocenters. The van der Waals surface area contributed by atoms with E-state index in [2.05, 4.69) is 5.32 Å². The number of halogens is 2. The van der Waals surface area contributed by atoms with Gasteiger partial charge < -0.3 is 10.4 Å². The molecular weight excluding hydrogens is 331 g/mol. The number of amides is 1. The molecule has 1 amide bonds. The van der Waals surface area contributed by atoms with Crippen LogP contribution in [0.2, 0.25) is 10.0 Å². The fourth-order valence-electron chi connectivity index (χ4n) is 1.77. The van der Waals surface area contributed by atoms with Crippen molar-refractivity contribution in [3.05, 3.63) is 62.1 Å². The summed E-state index contributed by atoms with van der Waals surface area (Å²) in [4.78, 5) is 22.0. The second-order valence-electron chi connectivity index (χ2n) is 4.42. The second kappa shape index (κ2) is 6.64. The standard InChI is InChI=1S/C14H10Cl2N2O4/c15-9-2-1-8(11(16)6-9)5-14(20)17-12-7-10(18(21)22)3-4-13(12)19/h1-4,6-7,19H,5H2,(H,17,20). The van der Waals surface area contributed by atoms with E-state index in [4.69, 9.17) is 23.2 Å². The molecule has 8 heteroatoms. The van der Waals surface area contributed by atoms with Crippen LogP contribution in [0.1, 0.15) is 5.56 Å². The molecule has 0 radical (unpaired) electrons. The summed E-state index contributed by atoms with van der Waals surface area (Å²) in [5.41, 5.74) is 0.274. The predicted molar refractivity (Wildman–Crippen MR) is 83.6 cm³/mol. The molecule has 0 aromatic heterocycles. The minimum Gasteiger partial charge on any atom is -0.506 e. The SMILES string of the molecule is O=C(Cc1ccc(Cl)cc1Cl)Nc1cc([N+](=O)[O-])ccc1O. The highest BCUT2D eigenvalue weighted by atomic mass is 35.5. The van der Waals surface area contributed by atoms with Gasteiger partial charge in [0.1, 0.15) is 5.75 Å². The van der Waals surface area contributed by atoms with Gasteiger partial charge >= 0.3 is 0 Å². The summed E-state index contributed by atoms with van der Waals surface area (Å²) >= 11 is 11.7. The Morgan fingerprint density at radius 3 is 2.59 bits per heavy atom. The maximum absolute atomic E-state index is 12.0. The average molecular weight is 341 g/mol. The van der Waals surface area contributed by atoms with Crippen molar-refractivity contribution >= 4 is 40.5 Å². The molecule has 0 aliphatic rings. The van der Waals surface area contributed by atoms with Crippen molar-refractivity contribution in [1.29, 1.82) is 0 Å². The van der Waals surface area contributed by atoms with Gasteiger partial charge in [0, 0.05) is 22.2 Å². The van der Waals surface area contributed by atoms with Crippen molar-refractivity contribution in [3.8, 4) is 5.75 Å². The second-order valence-corrected chi connectivity index (χ2v) is 5.26. The van der Waals surface area contributed by atoms with Crippen molar-refractivity contribution in [2.75, 3.05) is 5.32 Å². The monoisotopic (exact) mass is 340 g/mol. The number of nitrogens with zero attached hydrogens (tertiary/aromatic N) is 1. The molecule has 6 nitrogen and oxygen atoms in total. The quantitative estimate of drug-likeness (QED) is 0.503. The molecule has 0 atom stereocenters. The third-order valence-electron chi connectivity index (χ3n) is 2.83. The van der Waals surface area contributed by atoms with Gasteiger partial charge in [-0.05, 0) is 23.8 Å². The molecule has 0 saturated heterocycles. The average Bonchev–Trinajstić information content (AvgIpc) is 2.44. The largest absolute Gasteiger partial charge is 0.506 e. The van der Waals surface area contributed by atoms with Crippen molar-refractivity contribution in [1.82, 2.24) is 0 Å². The number of anilines is 1. The third-order valence-corrected chi connectivity index (χ3v) is 3.42. The van der Waals surface area contributed by atoms with E-state index in [-0.39, 0.29) is 23.5 Å². The normalized spacial score (nSPS) is 10.3. The Morgan fingerprint density at radius 2 is 1.95 bits per heavy atom. The molecule has 0 heterocycles. The van der Waals surface area contributed by atoms with Gasteiger partial charge in [-0.2, -0.15) is 0 Å². The molecule has 2 aromatic carbocycles. The van der Waals surface area contributed by atoms with Crippen LogP contribution in [0.15, 0.2) is 36.4 Å². The Labute approximate surface area is 135 Å². The Kier molecular flexibility index (Phi) is 4.85. The first-order valence-electron chi connectivity index (χ1n) is 6.08. The van der Waals surface area contributed by atoms with Crippen LogP contribution in [0.25, 0.3) is 0 Å². The number of rotatable bonds is 4. The summed E-state index contributed by atoms with van der Waals surface area (Å²) in [7, 11) is 0. The molecule has 0 fully saturated rings. The lowest BCUT2D eigenvalue weighted by Gasteiger charge is -2.08. The number of hydrogen-bond acceptors (Lipinski definition) is 4. The predicted octanol–water partition coefficient (Wildman–Crippen LogP) is 3.79. The van der Waals surface area contributed by atoms with Gasteiger partial charge in [-0.15, -0.1) is 0 Å². The lowest BCUT2D eigenvalue weighted by Crippen LogP contribution is -2.14. The van der Waals surface area contributed by atoms with Crippen molar-refractivity contribution in [3.63, 3.8) is 0 Å². The topological polar surface area (TPSA) is 92.5 Å². The molecule has 0 spiro atoms. The molecule has 114 valence electrons. The van der Waals surface area contributed by atoms with Gasteiger partial charge in [0.2, 0.25) is 5.91 Å². The van der Waals surface area contributed by atoms with Crippen LogP contribution < -0.4 is 5.32 Å². The molecule has 0 bridgehead atoms. The van der Waals surface area contributed by atoms with Gasteiger partial charge in [0.05, 0.1) is 17.0 Å². The van der Waals surface area contributed by atoms with E-state index in [1.807, 2.05) is 0 Å². The van der Waals surface area contributed by atoms with Crippen LogP contribution in [0.5, 0.6) is 5.75 Å². The molecular formula is C14H10Cl2N2O4. The Balaban J connectivity index is 2.15. The fraction of sp³-hybridized carbons (Fsp3) is 0.0714. The van der Waals surface area contributed by atoms with Gasteiger partial charge in [0.15, 0.2) is 0 Å². The first-order chi connectivity index (χ1) is 10.4. The number of non-ortho nitro benzene ring substituents is 1. The van der Waals surface area contributed by atoms with E-state index in [0.717, 1.165) is 18.2 Å². The van der Waals surface area contributed by atoms with Crippen LogP contribution in [0, 0.1) is 10.1 Å². The highest BCUT2D eigenvalue weighted by molar-refractivity contribution is 6.35. The van der Waals surface area contributed by atoms with Gasteiger partial charge in [-0.1, -0.05) is 29.3 Å². The van der Waals surface area contributed by atoms with Crippen LogP contribution >= 0.6 is 23.2 Å². The number of carbonyl (C=O) groups is 1. The van der Waals surface area contributed by atoms with Crippen LogP contribution in [-0.2, 0) is 11.2 Å². The minimum atomic E-state index is -0.620. The number of nitro benzene ring substituents is 1. The zero-order chi connectivity index (χ0) is 16.3. The van der Waals surface area contributed by atoms with Crippen LogP contribution in [0.4, 0.5) is 11.4 Å². The number of aromatic hydroxyl groups is 1. The first-order valence-corrected chi connectivity index (χ1v) is 6.83.